The molecule has 5 heteroatoms. The van der Waals surface area contributed by atoms with Gasteiger partial charge in [0.1, 0.15) is 5.75 Å². The normalized spacial score (nSPS) is 10.0. The summed E-state index contributed by atoms with van der Waals surface area (Å²) >= 11 is 5.71. The standard InChI is InChI=1S/C10H12ClNO3/c1-15-9(13)6-12-5-7-3-2-4-8(11)10(7)14/h2-4,12,14H,5-6H2,1H3. The summed E-state index contributed by atoms with van der Waals surface area (Å²) in [5.74, 6) is -0.312. The fourth-order valence-corrected chi connectivity index (χ4v) is 1.27. The Hall–Kier alpha value is -1.26. The van der Waals surface area contributed by atoms with Crippen molar-refractivity contribution in [2.75, 3.05) is 13.7 Å². The van der Waals surface area contributed by atoms with Crippen LogP contribution in [0, 0.1) is 0 Å². The summed E-state index contributed by atoms with van der Waals surface area (Å²) in [6, 6.07) is 5.06. The minimum atomic E-state index is -0.350. The molecule has 0 bridgehead atoms. The van der Waals surface area contributed by atoms with Gasteiger partial charge in [0.05, 0.1) is 18.7 Å². The van der Waals surface area contributed by atoms with E-state index in [2.05, 4.69) is 10.1 Å². The SMILES string of the molecule is COC(=O)CNCc1cccc(Cl)c1O. The van der Waals surface area contributed by atoms with Crippen molar-refractivity contribution >= 4 is 17.6 Å². The van der Waals surface area contributed by atoms with Gasteiger partial charge in [0.25, 0.3) is 0 Å². The molecule has 0 aliphatic rings. The maximum atomic E-state index is 10.8. The molecule has 2 N–H and O–H groups in total. The van der Waals surface area contributed by atoms with Gasteiger partial charge in [0, 0.05) is 12.1 Å². The zero-order valence-electron chi connectivity index (χ0n) is 8.29. The van der Waals surface area contributed by atoms with Crippen LogP contribution in [-0.4, -0.2) is 24.7 Å². The largest absolute Gasteiger partial charge is 0.506 e. The highest BCUT2D eigenvalue weighted by molar-refractivity contribution is 6.32. The van der Waals surface area contributed by atoms with Crippen LogP contribution in [0.2, 0.25) is 5.02 Å². The third-order valence-corrected chi connectivity index (χ3v) is 2.19. The zero-order valence-corrected chi connectivity index (χ0v) is 9.04. The van der Waals surface area contributed by atoms with Crippen molar-refractivity contribution in [3.05, 3.63) is 28.8 Å². The number of nitrogens with one attached hydrogen (secondary N) is 1. The highest BCUT2D eigenvalue weighted by Crippen LogP contribution is 2.26. The Morgan fingerprint density at radius 2 is 2.33 bits per heavy atom. The lowest BCUT2D eigenvalue weighted by Gasteiger charge is -2.06. The minimum Gasteiger partial charge on any atom is -0.506 e. The van der Waals surface area contributed by atoms with Crippen LogP contribution in [0.4, 0.5) is 0 Å². The van der Waals surface area contributed by atoms with Gasteiger partial charge in [-0.05, 0) is 6.07 Å². The summed E-state index contributed by atoms with van der Waals surface area (Å²) in [4.78, 5) is 10.8. The Labute approximate surface area is 92.8 Å². The van der Waals surface area contributed by atoms with Crippen molar-refractivity contribution < 1.29 is 14.6 Å². The van der Waals surface area contributed by atoms with Crippen LogP contribution in [0.3, 0.4) is 0 Å². The topological polar surface area (TPSA) is 58.6 Å². The summed E-state index contributed by atoms with van der Waals surface area (Å²) in [6.07, 6.45) is 0. The molecule has 0 fully saturated rings. The molecule has 0 heterocycles. The Balaban J connectivity index is 2.51. The van der Waals surface area contributed by atoms with Crippen molar-refractivity contribution in [3.8, 4) is 5.75 Å². The van der Waals surface area contributed by atoms with Gasteiger partial charge in [-0.25, -0.2) is 0 Å². The Bertz CT molecular complexity index is 355. The van der Waals surface area contributed by atoms with E-state index in [9.17, 15) is 9.90 Å². The van der Waals surface area contributed by atoms with Crippen LogP contribution >= 0.6 is 11.6 Å². The predicted molar refractivity (Wildman–Crippen MR) is 56.8 cm³/mol. The number of hydrogen-bond donors (Lipinski definition) is 2. The number of phenols is 1. The highest BCUT2D eigenvalue weighted by atomic mass is 35.5. The molecule has 0 aliphatic heterocycles. The van der Waals surface area contributed by atoms with Crippen molar-refractivity contribution in [2.45, 2.75) is 6.54 Å². The van der Waals surface area contributed by atoms with Crippen LogP contribution in [-0.2, 0) is 16.1 Å². The summed E-state index contributed by atoms with van der Waals surface area (Å²) in [6.45, 7) is 0.462. The number of rotatable bonds is 4. The molecule has 0 amide bonds. The summed E-state index contributed by atoms with van der Waals surface area (Å²) in [5, 5.41) is 12.7. The predicted octanol–water partition coefficient (Wildman–Crippen LogP) is 1.31. The molecular formula is C10H12ClNO3. The van der Waals surface area contributed by atoms with E-state index < -0.39 is 0 Å². The average Bonchev–Trinajstić information content (AvgIpc) is 2.24. The second-order valence-electron chi connectivity index (χ2n) is 2.93. The number of carbonyl (C=O) groups is 1. The number of ether oxygens (including phenoxy) is 1. The molecule has 1 rings (SSSR count). The average molecular weight is 230 g/mol. The molecule has 0 spiro atoms. The first kappa shape index (κ1) is 11.8. The van der Waals surface area contributed by atoms with E-state index in [1.54, 1.807) is 18.2 Å². The molecule has 1 aromatic rings. The second-order valence-corrected chi connectivity index (χ2v) is 3.33. The maximum Gasteiger partial charge on any atom is 0.319 e. The van der Waals surface area contributed by atoms with Gasteiger partial charge in [-0.3, -0.25) is 4.79 Å². The molecule has 82 valence electrons. The van der Waals surface area contributed by atoms with Crippen LogP contribution in [0.25, 0.3) is 0 Å². The Kier molecular flexibility index (Phi) is 4.39. The molecule has 0 aromatic heterocycles. The molecule has 1 aromatic carbocycles. The zero-order chi connectivity index (χ0) is 11.3. The first-order valence-corrected chi connectivity index (χ1v) is 4.77. The fourth-order valence-electron chi connectivity index (χ4n) is 1.07. The quantitative estimate of drug-likeness (QED) is 0.765. The molecular weight excluding hydrogens is 218 g/mol. The van der Waals surface area contributed by atoms with Crippen molar-refractivity contribution in [2.24, 2.45) is 0 Å². The van der Waals surface area contributed by atoms with Crippen molar-refractivity contribution in [1.82, 2.24) is 5.32 Å². The van der Waals surface area contributed by atoms with E-state index in [1.807, 2.05) is 0 Å². The van der Waals surface area contributed by atoms with Crippen LogP contribution in [0.5, 0.6) is 5.75 Å². The fraction of sp³-hybridized carbons (Fsp3) is 0.300. The van der Waals surface area contributed by atoms with Crippen molar-refractivity contribution in [1.29, 1.82) is 0 Å². The van der Waals surface area contributed by atoms with Crippen LogP contribution in [0.1, 0.15) is 5.56 Å². The van der Waals surface area contributed by atoms with Gasteiger partial charge < -0.3 is 15.2 Å². The van der Waals surface area contributed by atoms with E-state index in [0.29, 0.717) is 17.1 Å². The van der Waals surface area contributed by atoms with Crippen LogP contribution < -0.4 is 5.32 Å². The number of esters is 1. The maximum absolute atomic E-state index is 10.8. The summed E-state index contributed by atoms with van der Waals surface area (Å²) < 4.78 is 4.45. The van der Waals surface area contributed by atoms with Crippen LogP contribution in [0.15, 0.2) is 18.2 Å². The second kappa shape index (κ2) is 5.58. The number of halogens is 1. The number of hydrogen-bond acceptors (Lipinski definition) is 4. The molecule has 15 heavy (non-hydrogen) atoms. The third-order valence-electron chi connectivity index (χ3n) is 1.88. The lowest BCUT2D eigenvalue weighted by molar-refractivity contribution is -0.139. The molecule has 0 atom stereocenters. The van der Waals surface area contributed by atoms with Gasteiger partial charge in [-0.1, -0.05) is 23.7 Å². The monoisotopic (exact) mass is 229 g/mol. The summed E-state index contributed by atoms with van der Waals surface area (Å²) in [5.41, 5.74) is 0.645. The Morgan fingerprint density at radius 1 is 1.60 bits per heavy atom. The van der Waals surface area contributed by atoms with Gasteiger partial charge in [0.2, 0.25) is 0 Å². The first-order chi connectivity index (χ1) is 7.15. The molecule has 0 aliphatic carbocycles. The number of carbonyl (C=O) groups excluding carboxylic acids is 1. The molecule has 4 nitrogen and oxygen atoms in total. The lowest BCUT2D eigenvalue weighted by Crippen LogP contribution is -2.23. The molecule has 0 radical (unpaired) electrons. The van der Waals surface area contributed by atoms with Gasteiger partial charge in [0.15, 0.2) is 0 Å². The third kappa shape index (κ3) is 3.42. The van der Waals surface area contributed by atoms with E-state index in [0.717, 1.165) is 0 Å². The number of aromatic hydroxyl groups is 1. The van der Waals surface area contributed by atoms with Gasteiger partial charge >= 0.3 is 5.97 Å². The van der Waals surface area contributed by atoms with E-state index >= 15 is 0 Å². The van der Waals surface area contributed by atoms with Gasteiger partial charge in [-0.15, -0.1) is 0 Å². The summed E-state index contributed by atoms with van der Waals surface area (Å²) in [7, 11) is 1.32. The van der Waals surface area contributed by atoms with E-state index in [1.165, 1.54) is 7.11 Å². The van der Waals surface area contributed by atoms with E-state index in [-0.39, 0.29) is 18.3 Å². The number of phenolic OH excluding ortho intramolecular Hbond substituents is 1. The molecule has 0 saturated carbocycles. The first-order valence-electron chi connectivity index (χ1n) is 4.39. The number of para-hydroxylation sites is 1. The Morgan fingerprint density at radius 3 is 3.00 bits per heavy atom. The van der Waals surface area contributed by atoms with Gasteiger partial charge in [-0.2, -0.15) is 0 Å². The molecule has 0 saturated heterocycles. The lowest BCUT2D eigenvalue weighted by atomic mass is 10.2. The highest BCUT2D eigenvalue weighted by Gasteiger charge is 2.05. The minimum absolute atomic E-state index is 0.0385. The smallest absolute Gasteiger partial charge is 0.319 e. The molecule has 0 unspecified atom stereocenters. The van der Waals surface area contributed by atoms with Crippen molar-refractivity contribution in [3.63, 3.8) is 0 Å². The number of benzene rings is 1. The number of methoxy groups -OCH3 is 1. The van der Waals surface area contributed by atoms with E-state index in [4.69, 9.17) is 11.6 Å².